The van der Waals surface area contributed by atoms with Crippen molar-refractivity contribution in [1.29, 1.82) is 0 Å². The molecule has 0 fully saturated rings. The molecule has 7 heteroatoms. The lowest BCUT2D eigenvalue weighted by Crippen LogP contribution is -2.32. The Kier molecular flexibility index (Phi) is 4.73. The molecule has 4 heterocycles. The van der Waals surface area contributed by atoms with Gasteiger partial charge in [-0.15, -0.1) is 0 Å². The molecule has 1 aromatic carbocycles. The van der Waals surface area contributed by atoms with Gasteiger partial charge in [-0.25, -0.2) is 24.9 Å². The van der Waals surface area contributed by atoms with Crippen molar-refractivity contribution in [3.63, 3.8) is 0 Å². The monoisotopic (exact) mass is 385 g/mol. The molecule has 0 spiro atoms. The maximum atomic E-state index is 4.91. The third-order valence-electron chi connectivity index (χ3n) is 5.38. The predicted molar refractivity (Wildman–Crippen MR) is 111 cm³/mol. The van der Waals surface area contributed by atoms with E-state index >= 15 is 0 Å². The topological polar surface area (TPSA) is 72.6 Å². The maximum absolute atomic E-state index is 4.91. The summed E-state index contributed by atoms with van der Waals surface area (Å²) in [6.07, 6.45) is 8.98. The third-order valence-corrected chi connectivity index (χ3v) is 5.38. The van der Waals surface area contributed by atoms with E-state index in [9.17, 15) is 0 Å². The Morgan fingerprint density at radius 3 is 2.76 bits per heavy atom. The standard InChI is InChI=1S/C22H23N7/c1-2-8-29-20-6-4-3-5-19(20)26-21(29)14-28-9-7-18-17(13-28)12-25-22(27-18)16-10-23-15-24-11-16/h3-6,10-12,15H,2,7-9,13-14H2,1H3. The van der Waals surface area contributed by atoms with Gasteiger partial charge in [-0.3, -0.25) is 4.90 Å². The van der Waals surface area contributed by atoms with Crippen molar-refractivity contribution in [2.45, 2.75) is 39.4 Å². The second-order valence-electron chi connectivity index (χ2n) is 7.42. The van der Waals surface area contributed by atoms with Crippen LogP contribution in [-0.4, -0.2) is 40.9 Å². The first-order valence-corrected chi connectivity index (χ1v) is 10.1. The van der Waals surface area contributed by atoms with E-state index < -0.39 is 0 Å². The summed E-state index contributed by atoms with van der Waals surface area (Å²) in [6, 6.07) is 8.40. The number of rotatable bonds is 5. The Morgan fingerprint density at radius 2 is 1.90 bits per heavy atom. The first-order valence-electron chi connectivity index (χ1n) is 10.1. The number of aryl methyl sites for hydroxylation is 1. The smallest absolute Gasteiger partial charge is 0.162 e. The fourth-order valence-electron chi connectivity index (χ4n) is 3.98. The molecule has 29 heavy (non-hydrogen) atoms. The van der Waals surface area contributed by atoms with Crippen LogP contribution in [0.5, 0.6) is 0 Å². The van der Waals surface area contributed by atoms with Crippen LogP contribution in [-0.2, 0) is 26.1 Å². The van der Waals surface area contributed by atoms with Gasteiger partial charge in [0, 0.05) is 50.2 Å². The SMILES string of the molecule is CCCn1c(CN2CCc3nc(-c4cncnc4)ncc3C2)nc2ccccc21. The molecule has 5 rings (SSSR count). The maximum Gasteiger partial charge on any atom is 0.162 e. The van der Waals surface area contributed by atoms with Crippen LogP contribution in [0.15, 0.2) is 49.2 Å². The number of para-hydroxylation sites is 2. The molecule has 0 unspecified atom stereocenters. The van der Waals surface area contributed by atoms with Gasteiger partial charge in [0.25, 0.3) is 0 Å². The lowest BCUT2D eigenvalue weighted by Gasteiger charge is -2.28. The van der Waals surface area contributed by atoms with Gasteiger partial charge in [0.15, 0.2) is 5.82 Å². The Labute approximate surface area is 169 Å². The number of fused-ring (bicyclic) bond motifs is 2. The summed E-state index contributed by atoms with van der Waals surface area (Å²) in [5.41, 5.74) is 5.46. The summed E-state index contributed by atoms with van der Waals surface area (Å²) >= 11 is 0. The quantitative estimate of drug-likeness (QED) is 0.525. The molecule has 0 amide bonds. The van der Waals surface area contributed by atoms with Gasteiger partial charge >= 0.3 is 0 Å². The van der Waals surface area contributed by atoms with Gasteiger partial charge < -0.3 is 4.57 Å². The van der Waals surface area contributed by atoms with E-state index in [4.69, 9.17) is 9.97 Å². The fourth-order valence-corrected chi connectivity index (χ4v) is 3.98. The Hall–Kier alpha value is -3.19. The van der Waals surface area contributed by atoms with Crippen molar-refractivity contribution < 1.29 is 0 Å². The molecule has 0 saturated heterocycles. The molecule has 0 N–H and O–H groups in total. The Morgan fingerprint density at radius 1 is 1.03 bits per heavy atom. The average Bonchev–Trinajstić information content (AvgIpc) is 3.11. The van der Waals surface area contributed by atoms with Gasteiger partial charge in [-0.1, -0.05) is 19.1 Å². The van der Waals surface area contributed by atoms with Crippen molar-refractivity contribution >= 4 is 11.0 Å². The highest BCUT2D eigenvalue weighted by Gasteiger charge is 2.21. The highest BCUT2D eigenvalue weighted by Crippen LogP contribution is 2.23. The molecule has 3 aromatic heterocycles. The van der Waals surface area contributed by atoms with E-state index in [2.05, 4.69) is 55.6 Å². The van der Waals surface area contributed by atoms with Crippen molar-refractivity contribution in [1.82, 2.24) is 34.4 Å². The van der Waals surface area contributed by atoms with Crippen LogP contribution in [0.2, 0.25) is 0 Å². The van der Waals surface area contributed by atoms with E-state index in [1.54, 1.807) is 12.4 Å². The van der Waals surface area contributed by atoms with Crippen LogP contribution >= 0.6 is 0 Å². The summed E-state index contributed by atoms with van der Waals surface area (Å²) in [7, 11) is 0. The molecule has 7 nitrogen and oxygen atoms in total. The van der Waals surface area contributed by atoms with Crippen molar-refractivity contribution in [3.05, 3.63) is 66.3 Å². The zero-order valence-electron chi connectivity index (χ0n) is 16.5. The molecular weight excluding hydrogens is 362 g/mol. The van der Waals surface area contributed by atoms with Gasteiger partial charge in [-0.05, 0) is 18.6 Å². The number of hydrogen-bond acceptors (Lipinski definition) is 6. The second-order valence-corrected chi connectivity index (χ2v) is 7.42. The minimum absolute atomic E-state index is 0.697. The molecule has 0 atom stereocenters. The summed E-state index contributed by atoms with van der Waals surface area (Å²) in [6.45, 7) is 5.84. The van der Waals surface area contributed by atoms with Crippen LogP contribution in [0, 0.1) is 0 Å². The molecule has 0 radical (unpaired) electrons. The van der Waals surface area contributed by atoms with Crippen LogP contribution in [0.25, 0.3) is 22.4 Å². The molecule has 146 valence electrons. The largest absolute Gasteiger partial charge is 0.327 e. The van der Waals surface area contributed by atoms with Crippen molar-refractivity contribution in [3.8, 4) is 11.4 Å². The first-order chi connectivity index (χ1) is 14.3. The van der Waals surface area contributed by atoms with Gasteiger partial charge in [0.1, 0.15) is 12.2 Å². The highest BCUT2D eigenvalue weighted by atomic mass is 15.2. The lowest BCUT2D eigenvalue weighted by molar-refractivity contribution is 0.234. The first kappa shape index (κ1) is 17.9. The average molecular weight is 385 g/mol. The molecule has 4 aromatic rings. The Bertz CT molecular complexity index is 1140. The lowest BCUT2D eigenvalue weighted by atomic mass is 10.1. The molecule has 1 aliphatic heterocycles. The summed E-state index contributed by atoms with van der Waals surface area (Å²) < 4.78 is 2.36. The zero-order valence-corrected chi connectivity index (χ0v) is 16.5. The van der Waals surface area contributed by atoms with Crippen molar-refractivity contribution in [2.75, 3.05) is 6.54 Å². The molecule has 0 aliphatic carbocycles. The predicted octanol–water partition coefficient (Wildman–Crippen LogP) is 3.25. The number of hydrogen-bond donors (Lipinski definition) is 0. The minimum Gasteiger partial charge on any atom is -0.327 e. The molecular formula is C22H23N7. The van der Waals surface area contributed by atoms with E-state index in [0.29, 0.717) is 5.82 Å². The highest BCUT2D eigenvalue weighted by molar-refractivity contribution is 5.75. The van der Waals surface area contributed by atoms with Gasteiger partial charge in [-0.2, -0.15) is 0 Å². The molecule has 0 saturated carbocycles. The number of nitrogens with zero attached hydrogens (tertiary/aromatic N) is 7. The summed E-state index contributed by atoms with van der Waals surface area (Å²) in [5.74, 6) is 1.83. The van der Waals surface area contributed by atoms with E-state index in [-0.39, 0.29) is 0 Å². The Balaban J connectivity index is 1.38. The van der Waals surface area contributed by atoms with Crippen LogP contribution < -0.4 is 0 Å². The van der Waals surface area contributed by atoms with Gasteiger partial charge in [0.05, 0.1) is 28.8 Å². The van der Waals surface area contributed by atoms with Crippen molar-refractivity contribution in [2.24, 2.45) is 0 Å². The number of imidazole rings is 1. The van der Waals surface area contributed by atoms with E-state index in [1.807, 2.05) is 6.20 Å². The van der Waals surface area contributed by atoms with Crippen LogP contribution in [0.1, 0.15) is 30.4 Å². The molecule has 1 aliphatic rings. The number of aromatic nitrogens is 6. The van der Waals surface area contributed by atoms with E-state index in [0.717, 1.165) is 61.6 Å². The minimum atomic E-state index is 0.697. The summed E-state index contributed by atoms with van der Waals surface area (Å²) in [5, 5.41) is 0. The number of benzene rings is 1. The summed E-state index contributed by atoms with van der Waals surface area (Å²) in [4.78, 5) is 24.8. The second kappa shape index (κ2) is 7.67. The van der Waals surface area contributed by atoms with E-state index in [1.165, 1.54) is 17.4 Å². The molecule has 0 bridgehead atoms. The third kappa shape index (κ3) is 3.49. The van der Waals surface area contributed by atoms with Crippen LogP contribution in [0.3, 0.4) is 0 Å². The normalized spacial score (nSPS) is 14.2. The van der Waals surface area contributed by atoms with Gasteiger partial charge in [0.2, 0.25) is 0 Å². The fraction of sp³-hybridized carbons (Fsp3) is 0.318. The van der Waals surface area contributed by atoms with Crippen LogP contribution in [0.4, 0.5) is 0 Å². The zero-order chi connectivity index (χ0) is 19.6.